The van der Waals surface area contributed by atoms with Gasteiger partial charge in [0.25, 0.3) is 7.44 Å². The molecule has 0 N–H and O–H groups in total. The quantitative estimate of drug-likeness (QED) is 0.275. The highest BCUT2D eigenvalue weighted by Crippen LogP contribution is 2.63. The Morgan fingerprint density at radius 1 is 0.677 bits per heavy atom. The minimum Gasteiger partial charge on any atom is -0.357 e. The van der Waals surface area contributed by atoms with Crippen molar-refractivity contribution in [1.82, 2.24) is 19.1 Å². The zero-order valence-corrected chi connectivity index (χ0v) is 22.4. The van der Waals surface area contributed by atoms with Crippen LogP contribution in [-0.2, 0) is 4.57 Å². The normalized spacial score (nSPS) is 18.2. The third-order valence-corrected chi connectivity index (χ3v) is 10.3. The summed E-state index contributed by atoms with van der Waals surface area (Å²) in [6.45, 7) is 16.2. The molecule has 2 aliphatic rings. The molecule has 0 bridgehead atoms. The fourth-order valence-electron chi connectivity index (χ4n) is 5.03. The van der Waals surface area contributed by atoms with Crippen molar-refractivity contribution in [2.24, 2.45) is 0 Å². The maximum atomic E-state index is 15.2. The Kier molecular flexibility index (Phi) is 12.3. The Morgan fingerprint density at radius 3 is 1.29 bits per heavy atom. The van der Waals surface area contributed by atoms with Crippen LogP contribution in [0, 0.1) is 0 Å². The lowest BCUT2D eigenvalue weighted by atomic mass is 10.1. The van der Waals surface area contributed by atoms with E-state index in [9.17, 15) is 0 Å². The molecule has 0 unspecified atom stereocenters. The summed E-state index contributed by atoms with van der Waals surface area (Å²) in [4.78, 5) is 4.94. The Balaban J connectivity index is 2.62. The predicted octanol–water partition coefficient (Wildman–Crippen LogP) is 6.76. The molecule has 0 saturated carbocycles. The van der Waals surface area contributed by atoms with Gasteiger partial charge in [-0.25, -0.2) is 9.34 Å². The fraction of sp³-hybridized carbons (Fsp3) is 0.917. The molecule has 2 heterocycles. The van der Waals surface area contributed by atoms with Crippen LogP contribution in [0.15, 0.2) is 10.6 Å². The van der Waals surface area contributed by atoms with Gasteiger partial charge in [0.2, 0.25) is 0 Å². The van der Waals surface area contributed by atoms with Crippen LogP contribution in [0.25, 0.3) is 0 Å². The zero-order valence-electron chi connectivity index (χ0n) is 20.8. The van der Waals surface area contributed by atoms with E-state index in [1.165, 1.54) is 38.5 Å². The lowest BCUT2D eigenvalue weighted by molar-refractivity contribution is 0.165. The van der Waals surface area contributed by atoms with Gasteiger partial charge < -0.3 is 9.80 Å². The van der Waals surface area contributed by atoms with Crippen molar-refractivity contribution in [1.29, 1.82) is 0 Å². The van der Waals surface area contributed by atoms with Crippen molar-refractivity contribution >= 4 is 19.0 Å². The van der Waals surface area contributed by atoms with Gasteiger partial charge in [-0.05, 0) is 64.2 Å². The SMILES string of the molecule is CCCN(CCC)P(=O)(C(Cl)=C(N1CCCCC1)N1CCCCC1)N(CCC)CCC. The molecular weight excluding hydrogens is 427 g/mol. The summed E-state index contributed by atoms with van der Waals surface area (Å²) in [5.74, 6) is 1.10. The average Bonchev–Trinajstić information content (AvgIpc) is 2.80. The first-order valence-electron chi connectivity index (χ1n) is 13.1. The molecule has 0 aliphatic carbocycles. The summed E-state index contributed by atoms with van der Waals surface area (Å²) >= 11 is 7.40. The van der Waals surface area contributed by atoms with Gasteiger partial charge >= 0.3 is 0 Å². The van der Waals surface area contributed by atoms with Crippen LogP contribution in [-0.4, -0.2) is 71.5 Å². The van der Waals surface area contributed by atoms with Gasteiger partial charge in [0.15, 0.2) is 0 Å². The summed E-state index contributed by atoms with van der Waals surface area (Å²) in [5.41, 5.74) is 0. The van der Waals surface area contributed by atoms with E-state index in [1.807, 2.05) is 0 Å². The molecule has 2 rings (SSSR count). The molecule has 2 saturated heterocycles. The van der Waals surface area contributed by atoms with Gasteiger partial charge in [0.05, 0.1) is 0 Å². The van der Waals surface area contributed by atoms with Gasteiger partial charge in [-0.1, -0.05) is 39.3 Å². The largest absolute Gasteiger partial charge is 0.357 e. The monoisotopic (exact) mass is 474 g/mol. The highest BCUT2D eigenvalue weighted by molar-refractivity contribution is 7.65. The number of hydrogen-bond acceptors (Lipinski definition) is 3. The number of likely N-dealkylation sites (tertiary alicyclic amines) is 2. The molecule has 2 aliphatic heterocycles. The molecule has 0 aromatic heterocycles. The molecule has 0 radical (unpaired) electrons. The molecule has 7 heteroatoms. The third kappa shape index (κ3) is 6.88. The molecule has 0 atom stereocenters. The maximum absolute atomic E-state index is 15.2. The van der Waals surface area contributed by atoms with E-state index in [1.54, 1.807) is 0 Å². The second kappa shape index (κ2) is 14.1. The van der Waals surface area contributed by atoms with Crippen LogP contribution in [0.5, 0.6) is 0 Å². The maximum Gasteiger partial charge on any atom is 0.260 e. The lowest BCUT2D eigenvalue weighted by Crippen LogP contribution is -2.43. The Labute approximate surface area is 197 Å². The van der Waals surface area contributed by atoms with Gasteiger partial charge in [-0.3, -0.25) is 4.57 Å². The molecule has 5 nitrogen and oxygen atoms in total. The van der Waals surface area contributed by atoms with Gasteiger partial charge in [-0.15, -0.1) is 0 Å². The van der Waals surface area contributed by atoms with E-state index in [2.05, 4.69) is 46.8 Å². The van der Waals surface area contributed by atoms with E-state index in [-0.39, 0.29) is 0 Å². The van der Waals surface area contributed by atoms with E-state index < -0.39 is 7.44 Å². The number of halogens is 1. The molecule has 0 amide bonds. The van der Waals surface area contributed by atoms with Gasteiger partial charge in [0, 0.05) is 52.4 Å². The predicted molar refractivity (Wildman–Crippen MR) is 136 cm³/mol. The standard InChI is InChI=1S/C24H48ClN4OP/c1-5-15-28(16-6-2)31(30,29(17-7-3)18-8-4)23(25)24(26-19-11-9-12-20-26)27-21-13-10-14-22-27/h5-22H2,1-4H3. The number of hydrogen-bond donors (Lipinski definition) is 0. The molecule has 31 heavy (non-hydrogen) atoms. The second-order valence-corrected chi connectivity index (χ2v) is 12.5. The van der Waals surface area contributed by atoms with E-state index >= 15 is 4.57 Å². The molecule has 0 aromatic rings. The van der Waals surface area contributed by atoms with Crippen molar-refractivity contribution < 1.29 is 4.57 Å². The summed E-state index contributed by atoms with van der Waals surface area (Å²) in [6.07, 6.45) is 11.3. The lowest BCUT2D eigenvalue weighted by Gasteiger charge is -2.44. The van der Waals surface area contributed by atoms with Crippen LogP contribution in [0.1, 0.15) is 91.9 Å². The van der Waals surface area contributed by atoms with Crippen LogP contribution < -0.4 is 0 Å². The number of rotatable bonds is 13. The van der Waals surface area contributed by atoms with Crippen LogP contribution in [0.2, 0.25) is 0 Å². The van der Waals surface area contributed by atoms with Crippen LogP contribution >= 0.6 is 19.0 Å². The first-order chi connectivity index (χ1) is 15.0. The molecule has 0 aromatic carbocycles. The fourth-order valence-corrected chi connectivity index (χ4v) is 9.19. The second-order valence-electron chi connectivity index (χ2n) is 9.16. The summed E-state index contributed by atoms with van der Waals surface area (Å²) < 4.78 is 20.3. The number of piperidine rings is 2. The topological polar surface area (TPSA) is 30.0 Å². The minimum atomic E-state index is -3.06. The average molecular weight is 475 g/mol. The molecule has 0 spiro atoms. The van der Waals surface area contributed by atoms with Crippen LogP contribution in [0.3, 0.4) is 0 Å². The van der Waals surface area contributed by atoms with Crippen molar-refractivity contribution in [2.75, 3.05) is 52.4 Å². The van der Waals surface area contributed by atoms with Crippen molar-refractivity contribution in [3.8, 4) is 0 Å². The van der Waals surface area contributed by atoms with Crippen molar-refractivity contribution in [3.63, 3.8) is 0 Å². The smallest absolute Gasteiger partial charge is 0.260 e. The summed E-state index contributed by atoms with van der Waals surface area (Å²) in [5, 5.41) is 0. The van der Waals surface area contributed by atoms with E-state index in [0.717, 1.165) is 83.9 Å². The highest BCUT2D eigenvalue weighted by Gasteiger charge is 2.43. The minimum absolute atomic E-state index is 0.639. The number of nitrogens with zero attached hydrogens (tertiary/aromatic N) is 4. The van der Waals surface area contributed by atoms with Gasteiger partial charge in [-0.2, -0.15) is 0 Å². The molecular formula is C24H48ClN4OP. The van der Waals surface area contributed by atoms with Crippen LogP contribution in [0.4, 0.5) is 0 Å². The molecule has 182 valence electrons. The van der Waals surface area contributed by atoms with Crippen molar-refractivity contribution in [2.45, 2.75) is 91.9 Å². The van der Waals surface area contributed by atoms with E-state index in [4.69, 9.17) is 11.6 Å². The highest BCUT2D eigenvalue weighted by atomic mass is 35.5. The summed E-state index contributed by atoms with van der Waals surface area (Å²) in [7, 11) is -3.06. The Bertz CT molecular complexity index is 536. The van der Waals surface area contributed by atoms with Gasteiger partial charge in [0.1, 0.15) is 10.6 Å². The summed E-state index contributed by atoms with van der Waals surface area (Å²) in [6, 6.07) is 0. The molecule has 2 fully saturated rings. The zero-order chi connectivity index (χ0) is 22.7. The first-order valence-corrected chi connectivity index (χ1v) is 15.0. The first kappa shape index (κ1) is 27.0. The Hall–Kier alpha value is -0.220. The van der Waals surface area contributed by atoms with E-state index in [0.29, 0.717) is 4.77 Å². The third-order valence-electron chi connectivity index (χ3n) is 6.45. The Morgan fingerprint density at radius 2 is 1.00 bits per heavy atom. The van der Waals surface area contributed by atoms with Crippen molar-refractivity contribution in [3.05, 3.63) is 10.6 Å².